The number of anilines is 1. The minimum atomic E-state index is -0.321. The van der Waals surface area contributed by atoms with Gasteiger partial charge in [-0.2, -0.15) is 5.10 Å². The second-order valence-corrected chi connectivity index (χ2v) is 5.94. The lowest BCUT2D eigenvalue weighted by Crippen LogP contribution is -2.38. The van der Waals surface area contributed by atoms with Crippen LogP contribution in [0.1, 0.15) is 42.7 Å². The molecule has 1 saturated heterocycles. The van der Waals surface area contributed by atoms with E-state index in [1.807, 2.05) is 20.9 Å². The predicted molar refractivity (Wildman–Crippen MR) is 91.5 cm³/mol. The Balaban J connectivity index is 2.16. The molecule has 3 heterocycles. The van der Waals surface area contributed by atoms with Gasteiger partial charge in [-0.3, -0.25) is 5.10 Å². The van der Waals surface area contributed by atoms with Crippen LogP contribution < -0.4 is 4.90 Å². The van der Waals surface area contributed by atoms with Crippen LogP contribution in [0, 0.1) is 0 Å². The van der Waals surface area contributed by atoms with Gasteiger partial charge in [0.15, 0.2) is 5.65 Å². The molecule has 0 aromatic carbocycles. The number of hydrogen-bond acceptors (Lipinski definition) is 6. The van der Waals surface area contributed by atoms with Gasteiger partial charge < -0.3 is 14.4 Å². The van der Waals surface area contributed by atoms with Crippen molar-refractivity contribution in [3.05, 3.63) is 17.5 Å². The Morgan fingerprint density at radius 2 is 2.17 bits per heavy atom. The zero-order valence-electron chi connectivity index (χ0n) is 14.5. The number of pyridine rings is 1. The molecule has 0 unspecified atom stereocenters. The first-order valence-electron chi connectivity index (χ1n) is 8.51. The van der Waals surface area contributed by atoms with E-state index in [0.717, 1.165) is 42.8 Å². The summed E-state index contributed by atoms with van der Waals surface area (Å²) in [6.45, 7) is 5.63. The molecular formula is C17H24N4O3. The molecule has 7 nitrogen and oxygen atoms in total. The van der Waals surface area contributed by atoms with Crippen molar-refractivity contribution in [1.29, 1.82) is 0 Å². The predicted octanol–water partition coefficient (Wildman–Crippen LogP) is 2.31. The minimum Gasteiger partial charge on any atom is -0.462 e. The molecule has 2 aromatic rings. The molecule has 130 valence electrons. The largest absolute Gasteiger partial charge is 0.462 e. The van der Waals surface area contributed by atoms with Crippen LogP contribution in [-0.2, 0) is 15.9 Å². The highest BCUT2D eigenvalue weighted by Gasteiger charge is 2.28. The molecule has 0 bridgehead atoms. The monoisotopic (exact) mass is 332 g/mol. The van der Waals surface area contributed by atoms with Gasteiger partial charge in [0, 0.05) is 26.3 Å². The first-order chi connectivity index (χ1) is 11.7. The molecule has 0 amide bonds. The summed E-state index contributed by atoms with van der Waals surface area (Å²) in [6.07, 6.45) is 4.25. The molecule has 1 N–H and O–H groups in total. The van der Waals surface area contributed by atoms with Gasteiger partial charge in [0.05, 0.1) is 29.6 Å². The molecule has 0 atom stereocenters. The molecule has 24 heavy (non-hydrogen) atoms. The molecule has 0 aliphatic carbocycles. The van der Waals surface area contributed by atoms with E-state index >= 15 is 0 Å². The number of H-pyrrole nitrogens is 1. The number of rotatable bonds is 5. The van der Waals surface area contributed by atoms with Crippen LogP contribution >= 0.6 is 0 Å². The number of aryl methyl sites for hydroxylation is 1. The lowest BCUT2D eigenvalue weighted by atomic mass is 10.0. The lowest BCUT2D eigenvalue weighted by molar-refractivity contribution is 0.0525. The van der Waals surface area contributed by atoms with E-state index in [1.165, 1.54) is 0 Å². The fraction of sp³-hybridized carbons (Fsp3) is 0.588. The second kappa shape index (κ2) is 7.17. The standard InChI is InChI=1S/C17H24N4O3/c1-4-13-14(17(22)24-5-2)15(12-10-18-20-16(12)19-13)21(3)11-6-8-23-9-7-11/h10-11H,4-9H2,1-3H3,(H,18,19,20). The number of nitrogens with one attached hydrogen (secondary N) is 1. The summed E-state index contributed by atoms with van der Waals surface area (Å²) in [6, 6.07) is 0.317. The Morgan fingerprint density at radius 1 is 1.42 bits per heavy atom. The van der Waals surface area contributed by atoms with Crippen LogP contribution in [0.5, 0.6) is 0 Å². The highest BCUT2D eigenvalue weighted by Crippen LogP contribution is 2.34. The third kappa shape index (κ3) is 2.96. The van der Waals surface area contributed by atoms with Crippen molar-refractivity contribution in [1.82, 2.24) is 15.2 Å². The number of carbonyl (C=O) groups is 1. The van der Waals surface area contributed by atoms with Crippen LogP contribution in [0.2, 0.25) is 0 Å². The first kappa shape index (κ1) is 16.7. The number of nitrogens with zero attached hydrogens (tertiary/aromatic N) is 3. The average Bonchev–Trinajstić information content (AvgIpc) is 3.08. The average molecular weight is 332 g/mol. The summed E-state index contributed by atoms with van der Waals surface area (Å²) in [7, 11) is 2.03. The fourth-order valence-electron chi connectivity index (χ4n) is 3.30. The van der Waals surface area contributed by atoms with Crippen LogP contribution in [0.25, 0.3) is 11.0 Å². The van der Waals surface area contributed by atoms with E-state index in [9.17, 15) is 4.79 Å². The van der Waals surface area contributed by atoms with Crippen molar-refractivity contribution in [2.75, 3.05) is 31.8 Å². The molecule has 1 aliphatic rings. The third-order valence-corrected chi connectivity index (χ3v) is 4.55. The third-order valence-electron chi connectivity index (χ3n) is 4.55. The van der Waals surface area contributed by atoms with E-state index in [-0.39, 0.29) is 5.97 Å². The van der Waals surface area contributed by atoms with Gasteiger partial charge in [-0.05, 0) is 26.2 Å². The van der Waals surface area contributed by atoms with E-state index in [0.29, 0.717) is 30.3 Å². The maximum absolute atomic E-state index is 12.7. The Hall–Kier alpha value is -2.15. The molecule has 1 aliphatic heterocycles. The molecule has 1 fully saturated rings. The minimum absolute atomic E-state index is 0.317. The number of ether oxygens (including phenoxy) is 2. The van der Waals surface area contributed by atoms with Crippen LogP contribution in [0.3, 0.4) is 0 Å². The maximum Gasteiger partial charge on any atom is 0.342 e. The molecule has 7 heteroatoms. The highest BCUT2D eigenvalue weighted by atomic mass is 16.5. The summed E-state index contributed by atoms with van der Waals surface area (Å²) < 4.78 is 10.8. The number of fused-ring (bicyclic) bond motifs is 1. The fourth-order valence-corrected chi connectivity index (χ4v) is 3.30. The van der Waals surface area contributed by atoms with Crippen molar-refractivity contribution in [2.24, 2.45) is 0 Å². The van der Waals surface area contributed by atoms with Gasteiger partial charge in [-0.25, -0.2) is 9.78 Å². The SMILES string of the molecule is CCOC(=O)c1c(CC)nc2[nH]ncc2c1N(C)C1CCOCC1. The van der Waals surface area contributed by atoms with E-state index in [1.54, 1.807) is 6.20 Å². The van der Waals surface area contributed by atoms with E-state index < -0.39 is 0 Å². The zero-order valence-corrected chi connectivity index (χ0v) is 14.5. The summed E-state index contributed by atoms with van der Waals surface area (Å²) >= 11 is 0. The van der Waals surface area contributed by atoms with Gasteiger partial charge in [-0.1, -0.05) is 6.92 Å². The smallest absolute Gasteiger partial charge is 0.342 e. The normalized spacial score (nSPS) is 15.6. The van der Waals surface area contributed by atoms with Crippen LogP contribution in [0.15, 0.2) is 6.20 Å². The molecule has 0 spiro atoms. The van der Waals surface area contributed by atoms with Crippen LogP contribution in [0.4, 0.5) is 5.69 Å². The van der Waals surface area contributed by atoms with Crippen molar-refractivity contribution in [3.63, 3.8) is 0 Å². The van der Waals surface area contributed by atoms with E-state index in [2.05, 4.69) is 20.1 Å². The first-order valence-corrected chi connectivity index (χ1v) is 8.51. The number of carbonyl (C=O) groups excluding carboxylic acids is 1. The Bertz CT molecular complexity index is 722. The summed E-state index contributed by atoms with van der Waals surface area (Å²) in [5, 5.41) is 7.90. The second-order valence-electron chi connectivity index (χ2n) is 5.94. The van der Waals surface area contributed by atoms with E-state index in [4.69, 9.17) is 9.47 Å². The number of aromatic nitrogens is 3. The van der Waals surface area contributed by atoms with Gasteiger partial charge in [0.25, 0.3) is 0 Å². The Kier molecular flexibility index (Phi) is 4.99. The molecule has 2 aromatic heterocycles. The van der Waals surface area contributed by atoms with Gasteiger partial charge >= 0.3 is 5.97 Å². The Labute approximate surface area is 141 Å². The lowest BCUT2D eigenvalue weighted by Gasteiger charge is -2.34. The molecular weight excluding hydrogens is 308 g/mol. The molecule has 0 saturated carbocycles. The van der Waals surface area contributed by atoms with Gasteiger partial charge in [0.1, 0.15) is 5.56 Å². The van der Waals surface area contributed by atoms with Crippen molar-refractivity contribution >= 4 is 22.7 Å². The van der Waals surface area contributed by atoms with Crippen molar-refractivity contribution in [3.8, 4) is 0 Å². The summed E-state index contributed by atoms with van der Waals surface area (Å²) in [5.74, 6) is -0.321. The highest BCUT2D eigenvalue weighted by molar-refractivity contribution is 6.05. The van der Waals surface area contributed by atoms with Gasteiger partial charge in [0.2, 0.25) is 0 Å². The maximum atomic E-state index is 12.7. The molecule has 0 radical (unpaired) electrons. The zero-order chi connectivity index (χ0) is 17.1. The molecule has 3 rings (SSSR count). The quantitative estimate of drug-likeness (QED) is 0.846. The van der Waals surface area contributed by atoms with Crippen LogP contribution in [-0.4, -0.2) is 54.1 Å². The number of esters is 1. The summed E-state index contributed by atoms with van der Waals surface area (Å²) in [4.78, 5) is 19.4. The van der Waals surface area contributed by atoms with Gasteiger partial charge in [-0.15, -0.1) is 0 Å². The Morgan fingerprint density at radius 3 is 2.83 bits per heavy atom. The van der Waals surface area contributed by atoms with Crippen molar-refractivity contribution < 1.29 is 14.3 Å². The topological polar surface area (TPSA) is 80.3 Å². The number of aromatic amines is 1. The number of hydrogen-bond donors (Lipinski definition) is 1. The summed E-state index contributed by atoms with van der Waals surface area (Å²) in [5.41, 5.74) is 2.85. The van der Waals surface area contributed by atoms with Crippen molar-refractivity contribution in [2.45, 2.75) is 39.2 Å².